The number of fused-ring (bicyclic) bond motifs is 1. The number of phenols is 1. The zero-order valence-corrected chi connectivity index (χ0v) is 16.7. The lowest BCUT2D eigenvalue weighted by molar-refractivity contribution is 0.317. The third-order valence-electron chi connectivity index (χ3n) is 5.20. The van der Waals surface area contributed by atoms with Crippen LogP contribution in [0.25, 0.3) is 11.0 Å². The first-order valence-corrected chi connectivity index (χ1v) is 9.98. The van der Waals surface area contributed by atoms with E-state index in [0.717, 1.165) is 25.9 Å². The number of nitrogens with zero attached hydrogens (tertiary/aromatic N) is 1. The van der Waals surface area contributed by atoms with Gasteiger partial charge in [-0.25, -0.2) is 0 Å². The Labute approximate surface area is 169 Å². The summed E-state index contributed by atoms with van der Waals surface area (Å²) in [6.07, 6.45) is 2.29. The van der Waals surface area contributed by atoms with Gasteiger partial charge in [-0.2, -0.15) is 0 Å². The van der Waals surface area contributed by atoms with Crippen LogP contribution < -0.4 is 14.9 Å². The molecule has 3 aromatic rings. The molecule has 1 aliphatic heterocycles. The number of aromatic hydroxyl groups is 1. The van der Waals surface area contributed by atoms with Crippen LogP contribution in [0.1, 0.15) is 31.1 Å². The molecular weight excluding hydrogens is 370 g/mol. The lowest BCUT2D eigenvalue weighted by Crippen LogP contribution is -2.19. The van der Waals surface area contributed by atoms with Gasteiger partial charge in [-0.3, -0.25) is 9.69 Å². The highest BCUT2D eigenvalue weighted by Gasteiger charge is 2.21. The Hall–Kier alpha value is -2.99. The molecule has 0 bridgehead atoms. The first kappa shape index (κ1) is 19.3. The minimum absolute atomic E-state index is 0.127. The quantitative estimate of drug-likeness (QED) is 0.658. The minimum atomic E-state index is -0.266. The van der Waals surface area contributed by atoms with E-state index in [4.69, 9.17) is 13.9 Å². The van der Waals surface area contributed by atoms with E-state index >= 15 is 0 Å². The Morgan fingerprint density at radius 1 is 1.10 bits per heavy atom. The molecule has 0 spiro atoms. The van der Waals surface area contributed by atoms with Crippen LogP contribution >= 0.6 is 0 Å². The molecule has 6 nitrogen and oxygen atoms in total. The molecule has 2 aromatic carbocycles. The van der Waals surface area contributed by atoms with E-state index in [1.165, 1.54) is 0 Å². The second-order valence-electron chi connectivity index (χ2n) is 7.22. The number of likely N-dealkylation sites (tertiary alicyclic amines) is 1. The molecule has 1 aromatic heterocycles. The molecule has 0 saturated carbocycles. The summed E-state index contributed by atoms with van der Waals surface area (Å²) in [5, 5.41) is 10.8. The summed E-state index contributed by atoms with van der Waals surface area (Å²) in [6, 6.07) is 10.4. The van der Waals surface area contributed by atoms with E-state index in [2.05, 4.69) is 4.90 Å². The van der Waals surface area contributed by atoms with Crippen LogP contribution in [-0.4, -0.2) is 29.7 Å². The molecule has 2 heterocycles. The van der Waals surface area contributed by atoms with Crippen LogP contribution in [0.2, 0.25) is 0 Å². The Morgan fingerprint density at radius 2 is 1.83 bits per heavy atom. The summed E-state index contributed by atoms with van der Waals surface area (Å²) in [7, 11) is 0. The predicted molar refractivity (Wildman–Crippen MR) is 111 cm³/mol. The van der Waals surface area contributed by atoms with E-state index in [9.17, 15) is 9.90 Å². The van der Waals surface area contributed by atoms with E-state index in [-0.39, 0.29) is 16.9 Å². The lowest BCUT2D eigenvalue weighted by atomic mass is 10.1. The first-order valence-electron chi connectivity index (χ1n) is 9.98. The van der Waals surface area contributed by atoms with Gasteiger partial charge in [0.05, 0.1) is 17.6 Å². The molecular formula is C23H25NO5. The van der Waals surface area contributed by atoms with Gasteiger partial charge in [0.15, 0.2) is 11.5 Å². The number of hydrogen-bond donors (Lipinski definition) is 1. The van der Waals surface area contributed by atoms with Crippen LogP contribution in [0, 0.1) is 6.92 Å². The SMILES string of the molecule is CCOc1ccccc1Oc1c(C)oc2c(CN3CCCC3)c(O)ccc2c1=O. The highest BCUT2D eigenvalue weighted by atomic mass is 16.5. The number of rotatable bonds is 6. The Bertz CT molecular complexity index is 1080. The first-order chi connectivity index (χ1) is 14.1. The summed E-state index contributed by atoms with van der Waals surface area (Å²) in [6.45, 7) is 6.59. The van der Waals surface area contributed by atoms with Crippen molar-refractivity contribution in [3.05, 3.63) is 57.9 Å². The van der Waals surface area contributed by atoms with Crippen molar-refractivity contribution in [3.63, 3.8) is 0 Å². The van der Waals surface area contributed by atoms with Crippen LogP contribution in [0.15, 0.2) is 45.6 Å². The van der Waals surface area contributed by atoms with Gasteiger partial charge in [-0.15, -0.1) is 0 Å². The minimum Gasteiger partial charge on any atom is -0.507 e. The average molecular weight is 395 g/mol. The zero-order valence-electron chi connectivity index (χ0n) is 16.7. The van der Waals surface area contributed by atoms with E-state index in [1.54, 1.807) is 31.2 Å². The summed E-state index contributed by atoms with van der Waals surface area (Å²) in [5.74, 6) is 1.65. The maximum Gasteiger partial charge on any atom is 0.235 e. The molecule has 1 aliphatic rings. The lowest BCUT2D eigenvalue weighted by Gasteiger charge is -2.17. The van der Waals surface area contributed by atoms with Crippen molar-refractivity contribution in [1.82, 2.24) is 4.90 Å². The maximum atomic E-state index is 13.2. The number of phenolic OH excluding ortho intramolecular Hbond substituents is 1. The molecule has 29 heavy (non-hydrogen) atoms. The van der Waals surface area contributed by atoms with E-state index in [1.807, 2.05) is 19.1 Å². The summed E-state index contributed by atoms with van der Waals surface area (Å²) in [5.41, 5.74) is 0.799. The molecule has 1 N–H and O–H groups in total. The van der Waals surface area contributed by atoms with Crippen molar-refractivity contribution < 1.29 is 19.0 Å². The molecule has 0 amide bonds. The van der Waals surface area contributed by atoms with Gasteiger partial charge in [0.2, 0.25) is 11.2 Å². The molecule has 4 rings (SSSR count). The number of hydrogen-bond acceptors (Lipinski definition) is 6. The third-order valence-corrected chi connectivity index (χ3v) is 5.20. The van der Waals surface area contributed by atoms with Gasteiger partial charge in [-0.05, 0) is 64.0 Å². The number of para-hydroxylation sites is 2. The fourth-order valence-corrected chi connectivity index (χ4v) is 3.75. The number of ether oxygens (including phenoxy) is 2. The average Bonchev–Trinajstić information content (AvgIpc) is 3.22. The maximum absolute atomic E-state index is 13.2. The molecule has 1 saturated heterocycles. The third kappa shape index (κ3) is 3.80. The number of aryl methyl sites for hydroxylation is 1. The van der Waals surface area contributed by atoms with Crippen molar-refractivity contribution in [2.75, 3.05) is 19.7 Å². The van der Waals surface area contributed by atoms with Gasteiger partial charge in [0, 0.05) is 6.54 Å². The fraction of sp³-hybridized carbons (Fsp3) is 0.348. The highest BCUT2D eigenvalue weighted by Crippen LogP contribution is 2.35. The second kappa shape index (κ2) is 8.17. The van der Waals surface area contributed by atoms with Crippen LogP contribution in [0.4, 0.5) is 0 Å². The molecule has 6 heteroatoms. The van der Waals surface area contributed by atoms with Crippen LogP contribution in [0.5, 0.6) is 23.0 Å². The molecule has 0 aliphatic carbocycles. The van der Waals surface area contributed by atoms with Crippen molar-refractivity contribution in [2.45, 2.75) is 33.2 Å². The molecule has 0 atom stereocenters. The van der Waals surface area contributed by atoms with Crippen molar-refractivity contribution in [2.24, 2.45) is 0 Å². The highest BCUT2D eigenvalue weighted by molar-refractivity contribution is 5.83. The largest absolute Gasteiger partial charge is 0.507 e. The van der Waals surface area contributed by atoms with E-state index in [0.29, 0.717) is 46.9 Å². The predicted octanol–water partition coefficient (Wildman–Crippen LogP) is 4.59. The monoisotopic (exact) mass is 395 g/mol. The van der Waals surface area contributed by atoms with Crippen LogP contribution in [0.3, 0.4) is 0 Å². The summed E-state index contributed by atoms with van der Waals surface area (Å²) >= 11 is 0. The van der Waals surface area contributed by atoms with Crippen molar-refractivity contribution in [1.29, 1.82) is 0 Å². The Kier molecular flexibility index (Phi) is 5.45. The summed E-state index contributed by atoms with van der Waals surface area (Å²) in [4.78, 5) is 15.5. The van der Waals surface area contributed by atoms with Crippen molar-refractivity contribution >= 4 is 11.0 Å². The number of benzene rings is 2. The summed E-state index contributed by atoms with van der Waals surface area (Å²) < 4.78 is 17.5. The normalized spacial score (nSPS) is 14.4. The van der Waals surface area contributed by atoms with Crippen molar-refractivity contribution in [3.8, 4) is 23.0 Å². The standard InChI is InChI=1S/C23H25NO5/c1-3-27-19-8-4-5-9-20(19)29-22-15(2)28-23-16(21(22)26)10-11-18(25)17(23)14-24-12-6-7-13-24/h4-5,8-11,25H,3,6-7,12-14H2,1-2H3. The molecule has 1 fully saturated rings. The van der Waals surface area contributed by atoms with Gasteiger partial charge in [0.25, 0.3) is 0 Å². The van der Waals surface area contributed by atoms with Gasteiger partial charge < -0.3 is 19.0 Å². The Balaban J connectivity index is 1.78. The zero-order chi connectivity index (χ0) is 20.4. The molecule has 0 unspecified atom stereocenters. The van der Waals surface area contributed by atoms with Gasteiger partial charge in [-0.1, -0.05) is 12.1 Å². The van der Waals surface area contributed by atoms with E-state index < -0.39 is 0 Å². The topological polar surface area (TPSA) is 72.1 Å². The molecule has 0 radical (unpaired) electrons. The van der Waals surface area contributed by atoms with Gasteiger partial charge >= 0.3 is 0 Å². The fourth-order valence-electron chi connectivity index (χ4n) is 3.75. The van der Waals surface area contributed by atoms with Gasteiger partial charge in [0.1, 0.15) is 17.1 Å². The Morgan fingerprint density at radius 3 is 2.55 bits per heavy atom. The second-order valence-corrected chi connectivity index (χ2v) is 7.22. The van der Waals surface area contributed by atoms with Crippen LogP contribution in [-0.2, 0) is 6.54 Å². The molecule has 152 valence electrons. The smallest absolute Gasteiger partial charge is 0.235 e.